The Labute approximate surface area is 97.6 Å². The van der Waals surface area contributed by atoms with Crippen molar-refractivity contribution in [2.24, 2.45) is 0 Å². The predicted molar refractivity (Wildman–Crippen MR) is 62.0 cm³/mol. The molecule has 0 unspecified atom stereocenters. The Morgan fingerprint density at radius 3 is 2.29 bits per heavy atom. The first-order valence-electron chi connectivity index (χ1n) is 5.06. The normalized spacial score (nSPS) is 10.3. The lowest BCUT2D eigenvalue weighted by atomic mass is 10.2. The van der Waals surface area contributed by atoms with E-state index in [0.717, 1.165) is 12.1 Å². The van der Waals surface area contributed by atoms with Crippen LogP contribution in [-0.4, -0.2) is 0 Å². The molecule has 0 aliphatic heterocycles. The Hall–Kier alpha value is -2.10. The monoisotopic (exact) mass is 235 g/mol. The standard InChI is InChI=1S/C13H11F2NO/c1-8-7-9(16)5-6-12(8)17-13-10(14)3-2-4-11(13)15/h2-7H,16H2,1H3. The van der Waals surface area contributed by atoms with Gasteiger partial charge in [-0.15, -0.1) is 0 Å². The summed E-state index contributed by atoms with van der Waals surface area (Å²) in [7, 11) is 0. The SMILES string of the molecule is Cc1cc(N)ccc1Oc1c(F)cccc1F. The predicted octanol–water partition coefficient (Wildman–Crippen LogP) is 3.65. The molecule has 0 atom stereocenters. The van der Waals surface area contributed by atoms with Crippen molar-refractivity contribution in [1.29, 1.82) is 0 Å². The van der Waals surface area contributed by atoms with E-state index < -0.39 is 17.4 Å². The van der Waals surface area contributed by atoms with Crippen LogP contribution in [0.15, 0.2) is 36.4 Å². The highest BCUT2D eigenvalue weighted by molar-refractivity contribution is 5.48. The van der Waals surface area contributed by atoms with Crippen LogP contribution in [0.4, 0.5) is 14.5 Å². The van der Waals surface area contributed by atoms with Crippen LogP contribution in [0.3, 0.4) is 0 Å². The van der Waals surface area contributed by atoms with Gasteiger partial charge in [0, 0.05) is 5.69 Å². The Morgan fingerprint density at radius 1 is 1.06 bits per heavy atom. The number of nitrogens with two attached hydrogens (primary N) is 1. The number of hydrogen-bond acceptors (Lipinski definition) is 2. The first kappa shape index (κ1) is 11.4. The van der Waals surface area contributed by atoms with Gasteiger partial charge in [-0.1, -0.05) is 6.07 Å². The number of rotatable bonds is 2. The number of nitrogen functional groups attached to an aromatic ring is 1. The average molecular weight is 235 g/mol. The fourth-order valence-electron chi connectivity index (χ4n) is 1.48. The number of aryl methyl sites for hydroxylation is 1. The van der Waals surface area contributed by atoms with Crippen molar-refractivity contribution in [2.75, 3.05) is 5.73 Å². The molecule has 0 aromatic heterocycles. The van der Waals surface area contributed by atoms with Crippen LogP contribution < -0.4 is 10.5 Å². The van der Waals surface area contributed by atoms with E-state index in [-0.39, 0.29) is 0 Å². The Bertz CT molecular complexity index is 535. The molecule has 0 saturated carbocycles. The number of hydrogen-bond donors (Lipinski definition) is 1. The third kappa shape index (κ3) is 2.36. The topological polar surface area (TPSA) is 35.2 Å². The number of benzene rings is 2. The van der Waals surface area contributed by atoms with Gasteiger partial charge in [-0.3, -0.25) is 0 Å². The molecule has 0 saturated heterocycles. The molecule has 17 heavy (non-hydrogen) atoms. The zero-order valence-corrected chi connectivity index (χ0v) is 9.21. The van der Waals surface area contributed by atoms with E-state index in [0.29, 0.717) is 17.0 Å². The number of anilines is 1. The molecule has 2 rings (SSSR count). The molecule has 0 fully saturated rings. The summed E-state index contributed by atoms with van der Waals surface area (Å²) < 4.78 is 31.9. The van der Waals surface area contributed by atoms with Gasteiger partial charge in [0.2, 0.25) is 0 Å². The highest BCUT2D eigenvalue weighted by Crippen LogP contribution is 2.30. The second kappa shape index (κ2) is 4.41. The molecule has 0 amide bonds. The summed E-state index contributed by atoms with van der Waals surface area (Å²) in [5, 5.41) is 0. The summed E-state index contributed by atoms with van der Waals surface area (Å²) in [5.74, 6) is -1.49. The molecule has 2 nitrogen and oxygen atoms in total. The quantitative estimate of drug-likeness (QED) is 0.806. The molecule has 0 aliphatic rings. The van der Waals surface area contributed by atoms with Crippen LogP contribution in [-0.2, 0) is 0 Å². The molecule has 2 aromatic rings. The van der Waals surface area contributed by atoms with E-state index in [2.05, 4.69) is 0 Å². The van der Waals surface area contributed by atoms with Gasteiger partial charge in [-0.05, 0) is 42.8 Å². The van der Waals surface area contributed by atoms with Crippen LogP contribution in [0, 0.1) is 18.6 Å². The molecule has 0 spiro atoms. The van der Waals surface area contributed by atoms with Crippen molar-refractivity contribution >= 4 is 5.69 Å². The molecule has 0 radical (unpaired) electrons. The lowest BCUT2D eigenvalue weighted by Gasteiger charge is -2.10. The summed E-state index contributed by atoms with van der Waals surface area (Å²) in [5.41, 5.74) is 6.87. The van der Waals surface area contributed by atoms with Gasteiger partial charge in [-0.2, -0.15) is 0 Å². The number of halogens is 2. The van der Waals surface area contributed by atoms with Crippen molar-refractivity contribution in [3.05, 3.63) is 53.6 Å². The maximum absolute atomic E-state index is 13.4. The van der Waals surface area contributed by atoms with Crippen LogP contribution in [0.5, 0.6) is 11.5 Å². The maximum atomic E-state index is 13.4. The number of para-hydroxylation sites is 1. The Morgan fingerprint density at radius 2 is 1.71 bits per heavy atom. The summed E-state index contributed by atoms with van der Waals surface area (Å²) in [6.45, 7) is 1.75. The maximum Gasteiger partial charge on any atom is 0.198 e. The summed E-state index contributed by atoms with van der Waals surface area (Å²) in [6, 6.07) is 8.44. The fourth-order valence-corrected chi connectivity index (χ4v) is 1.48. The smallest absolute Gasteiger partial charge is 0.198 e. The third-order valence-electron chi connectivity index (χ3n) is 2.33. The summed E-state index contributed by atoms with van der Waals surface area (Å²) >= 11 is 0. The largest absolute Gasteiger partial charge is 0.451 e. The summed E-state index contributed by atoms with van der Waals surface area (Å²) in [6.07, 6.45) is 0. The van der Waals surface area contributed by atoms with E-state index >= 15 is 0 Å². The van der Waals surface area contributed by atoms with Crippen LogP contribution >= 0.6 is 0 Å². The Balaban J connectivity index is 2.38. The highest BCUT2D eigenvalue weighted by Gasteiger charge is 2.11. The Kier molecular flexibility index (Phi) is 2.95. The molecule has 0 aliphatic carbocycles. The minimum Gasteiger partial charge on any atom is -0.451 e. The summed E-state index contributed by atoms with van der Waals surface area (Å²) in [4.78, 5) is 0. The molecule has 88 valence electrons. The second-order valence-corrected chi connectivity index (χ2v) is 3.68. The zero-order valence-electron chi connectivity index (χ0n) is 9.21. The fraction of sp³-hybridized carbons (Fsp3) is 0.0769. The van der Waals surface area contributed by atoms with Gasteiger partial charge in [-0.25, -0.2) is 8.78 Å². The van der Waals surface area contributed by atoms with Crippen molar-refractivity contribution < 1.29 is 13.5 Å². The minimum absolute atomic E-state index is 0.378. The minimum atomic E-state index is -0.735. The molecule has 0 heterocycles. The molecular weight excluding hydrogens is 224 g/mol. The first-order valence-corrected chi connectivity index (χ1v) is 5.06. The van der Waals surface area contributed by atoms with Gasteiger partial charge in [0.1, 0.15) is 5.75 Å². The van der Waals surface area contributed by atoms with Crippen LogP contribution in [0.1, 0.15) is 5.56 Å². The van der Waals surface area contributed by atoms with Gasteiger partial charge in [0.25, 0.3) is 0 Å². The van der Waals surface area contributed by atoms with Gasteiger partial charge in [0.05, 0.1) is 0 Å². The van der Waals surface area contributed by atoms with Crippen molar-refractivity contribution in [2.45, 2.75) is 6.92 Å². The van der Waals surface area contributed by atoms with Crippen molar-refractivity contribution in [1.82, 2.24) is 0 Å². The lowest BCUT2D eigenvalue weighted by molar-refractivity contribution is 0.405. The van der Waals surface area contributed by atoms with Crippen molar-refractivity contribution in [3.8, 4) is 11.5 Å². The molecule has 4 heteroatoms. The van der Waals surface area contributed by atoms with E-state index in [4.69, 9.17) is 10.5 Å². The van der Waals surface area contributed by atoms with Crippen molar-refractivity contribution in [3.63, 3.8) is 0 Å². The van der Waals surface area contributed by atoms with Gasteiger partial charge >= 0.3 is 0 Å². The lowest BCUT2D eigenvalue weighted by Crippen LogP contribution is -1.95. The first-order chi connectivity index (χ1) is 8.08. The van der Waals surface area contributed by atoms with E-state index in [1.54, 1.807) is 25.1 Å². The average Bonchev–Trinajstić information content (AvgIpc) is 2.26. The van der Waals surface area contributed by atoms with Crippen LogP contribution in [0.25, 0.3) is 0 Å². The molecule has 0 bridgehead atoms. The highest BCUT2D eigenvalue weighted by atomic mass is 19.1. The van der Waals surface area contributed by atoms with E-state index in [1.807, 2.05) is 0 Å². The van der Waals surface area contributed by atoms with E-state index in [1.165, 1.54) is 6.07 Å². The van der Waals surface area contributed by atoms with Crippen LogP contribution in [0.2, 0.25) is 0 Å². The molecule has 2 aromatic carbocycles. The zero-order chi connectivity index (χ0) is 12.4. The third-order valence-corrected chi connectivity index (χ3v) is 2.33. The van der Waals surface area contributed by atoms with E-state index in [9.17, 15) is 8.78 Å². The number of ether oxygens (including phenoxy) is 1. The van der Waals surface area contributed by atoms with Gasteiger partial charge in [0.15, 0.2) is 17.4 Å². The molecular formula is C13H11F2NO. The molecule has 2 N–H and O–H groups in total. The second-order valence-electron chi connectivity index (χ2n) is 3.68. The van der Waals surface area contributed by atoms with Gasteiger partial charge < -0.3 is 10.5 Å².